The monoisotopic (exact) mass is 308 g/mol. The number of carbonyl (C=O) groups is 1. The molecule has 1 heterocycles. The first-order valence-corrected chi connectivity index (χ1v) is 8.86. The van der Waals surface area contributed by atoms with Crippen molar-refractivity contribution in [3.63, 3.8) is 0 Å². The van der Waals surface area contributed by atoms with Crippen LogP contribution in [0.2, 0.25) is 0 Å². The Morgan fingerprint density at radius 2 is 2.32 bits per heavy atom. The first-order valence-electron chi connectivity index (χ1n) is 8.86. The Bertz CT molecular complexity index is 450. The summed E-state index contributed by atoms with van der Waals surface area (Å²) in [4.78, 5) is 12.3. The van der Waals surface area contributed by atoms with E-state index in [0.717, 1.165) is 38.8 Å². The number of hydrogen-bond donors (Lipinski definition) is 2. The van der Waals surface area contributed by atoms with Gasteiger partial charge in [-0.25, -0.2) is 0 Å². The summed E-state index contributed by atoms with van der Waals surface area (Å²) in [6.45, 7) is 8.60. The molecule has 0 radical (unpaired) electrons. The Hall–Kier alpha value is -0.870. The van der Waals surface area contributed by atoms with Crippen molar-refractivity contribution in [3.05, 3.63) is 12.2 Å². The van der Waals surface area contributed by atoms with Crippen LogP contribution in [0.4, 0.5) is 0 Å². The highest BCUT2D eigenvalue weighted by Gasteiger charge is 2.55. The molecule has 0 aromatic rings. The number of aliphatic hydroxyl groups excluding tert-OH is 1. The zero-order chi connectivity index (χ0) is 15.7. The molecule has 22 heavy (non-hydrogen) atoms. The van der Waals surface area contributed by atoms with Gasteiger partial charge in [-0.2, -0.15) is 0 Å². The van der Waals surface area contributed by atoms with Crippen molar-refractivity contribution in [1.29, 1.82) is 0 Å². The molecular formula is C18H30NO3+. The third-order valence-electron chi connectivity index (χ3n) is 6.31. The molecule has 4 nitrogen and oxygen atoms in total. The molecule has 2 aliphatic carbocycles. The van der Waals surface area contributed by atoms with Crippen LogP contribution in [0.5, 0.6) is 0 Å². The van der Waals surface area contributed by atoms with Gasteiger partial charge in [0.25, 0.3) is 0 Å². The predicted molar refractivity (Wildman–Crippen MR) is 84.0 cm³/mol. The van der Waals surface area contributed by atoms with E-state index in [1.165, 1.54) is 18.4 Å². The molecule has 3 rings (SSSR count). The lowest BCUT2D eigenvalue weighted by Crippen LogP contribution is -2.86. The minimum atomic E-state index is 0.00288. The van der Waals surface area contributed by atoms with Gasteiger partial charge in [0.05, 0.1) is 13.1 Å². The fraction of sp³-hybridized carbons (Fsp3) is 0.833. The number of fused-ring (bicyclic) bond motifs is 2. The average Bonchev–Trinajstić information content (AvgIpc) is 2.76. The van der Waals surface area contributed by atoms with Crippen LogP contribution in [0.15, 0.2) is 12.2 Å². The maximum absolute atomic E-state index is 12.3. The normalized spacial score (nSPS) is 41.0. The zero-order valence-corrected chi connectivity index (χ0v) is 13.7. The standard InChI is InChI=1S/C18H29NO3/c1-12-5-3-6-18(2)10-16-13(9-15(12)18)14(17(21)22-16)11-19-7-4-8-20/h13-16,19-20H,1,3-11H2,2H3/p+1/t13-,14-,15+,16+,18-/m0/s1. The second-order valence-electron chi connectivity index (χ2n) is 7.79. The van der Waals surface area contributed by atoms with Crippen molar-refractivity contribution >= 4 is 5.97 Å². The van der Waals surface area contributed by atoms with E-state index in [0.29, 0.717) is 11.8 Å². The number of carbonyl (C=O) groups excluding carboxylic acids is 1. The van der Waals surface area contributed by atoms with E-state index in [9.17, 15) is 4.79 Å². The highest BCUT2D eigenvalue weighted by Crippen LogP contribution is 2.56. The Balaban J connectivity index is 1.67. The molecule has 3 aliphatic rings. The summed E-state index contributed by atoms with van der Waals surface area (Å²) in [5, 5.41) is 11.0. The molecule has 1 aliphatic heterocycles. The molecule has 2 saturated carbocycles. The van der Waals surface area contributed by atoms with Crippen molar-refractivity contribution in [2.45, 2.75) is 51.6 Å². The Kier molecular flexibility index (Phi) is 4.60. The van der Waals surface area contributed by atoms with E-state index in [2.05, 4.69) is 18.8 Å². The van der Waals surface area contributed by atoms with Gasteiger partial charge in [0.15, 0.2) is 0 Å². The summed E-state index contributed by atoms with van der Waals surface area (Å²) >= 11 is 0. The van der Waals surface area contributed by atoms with Crippen molar-refractivity contribution in [1.82, 2.24) is 0 Å². The van der Waals surface area contributed by atoms with Crippen LogP contribution in [-0.2, 0) is 9.53 Å². The average molecular weight is 308 g/mol. The zero-order valence-electron chi connectivity index (χ0n) is 13.7. The summed E-state index contributed by atoms with van der Waals surface area (Å²) in [6, 6.07) is 0. The number of rotatable bonds is 5. The molecule has 1 saturated heterocycles. The highest BCUT2D eigenvalue weighted by molar-refractivity contribution is 5.75. The van der Waals surface area contributed by atoms with Crippen LogP contribution >= 0.6 is 0 Å². The molecule has 0 bridgehead atoms. The maximum atomic E-state index is 12.3. The number of quaternary nitrogens is 1. The molecule has 3 fully saturated rings. The van der Waals surface area contributed by atoms with Gasteiger partial charge in [-0.1, -0.05) is 19.1 Å². The number of allylic oxidation sites excluding steroid dienone is 1. The van der Waals surface area contributed by atoms with Crippen molar-refractivity contribution < 1.29 is 20.0 Å². The Morgan fingerprint density at radius 3 is 3.09 bits per heavy atom. The summed E-state index contributed by atoms with van der Waals surface area (Å²) in [7, 11) is 0. The van der Waals surface area contributed by atoms with Gasteiger partial charge in [0.2, 0.25) is 0 Å². The van der Waals surface area contributed by atoms with Gasteiger partial charge in [-0.15, -0.1) is 0 Å². The smallest absolute Gasteiger partial charge is 0.315 e. The van der Waals surface area contributed by atoms with Crippen molar-refractivity contribution in [2.24, 2.45) is 23.2 Å². The lowest BCUT2D eigenvalue weighted by atomic mass is 9.55. The van der Waals surface area contributed by atoms with E-state index in [1.54, 1.807) is 0 Å². The second-order valence-corrected chi connectivity index (χ2v) is 7.79. The quantitative estimate of drug-likeness (QED) is 0.456. The molecule has 5 atom stereocenters. The van der Waals surface area contributed by atoms with E-state index in [4.69, 9.17) is 9.84 Å². The molecule has 0 unspecified atom stereocenters. The van der Waals surface area contributed by atoms with Crippen LogP contribution in [0.3, 0.4) is 0 Å². The van der Waals surface area contributed by atoms with E-state index < -0.39 is 0 Å². The fourth-order valence-electron chi connectivity index (χ4n) is 5.06. The largest absolute Gasteiger partial charge is 0.462 e. The topological polar surface area (TPSA) is 63.1 Å². The van der Waals surface area contributed by atoms with Gasteiger partial charge < -0.3 is 15.2 Å². The van der Waals surface area contributed by atoms with Gasteiger partial charge in [0, 0.05) is 18.9 Å². The van der Waals surface area contributed by atoms with Crippen LogP contribution in [0.1, 0.15) is 45.4 Å². The van der Waals surface area contributed by atoms with Gasteiger partial charge in [0.1, 0.15) is 12.0 Å². The highest BCUT2D eigenvalue weighted by atomic mass is 16.6. The number of aliphatic hydroxyl groups is 1. The maximum Gasteiger partial charge on any atom is 0.315 e. The Labute approximate surface area is 133 Å². The van der Waals surface area contributed by atoms with Crippen LogP contribution in [0, 0.1) is 23.2 Å². The van der Waals surface area contributed by atoms with E-state index >= 15 is 0 Å². The van der Waals surface area contributed by atoms with Gasteiger partial charge in [-0.05, 0) is 43.4 Å². The molecule has 0 amide bonds. The van der Waals surface area contributed by atoms with Crippen molar-refractivity contribution in [3.8, 4) is 0 Å². The first kappa shape index (κ1) is 16.0. The Morgan fingerprint density at radius 1 is 1.50 bits per heavy atom. The molecule has 4 heteroatoms. The fourth-order valence-corrected chi connectivity index (χ4v) is 5.06. The number of hydrogen-bond acceptors (Lipinski definition) is 3. The van der Waals surface area contributed by atoms with Gasteiger partial charge >= 0.3 is 5.97 Å². The SMILES string of the molecule is C=C1CCC[C@@]2(C)C[C@H]3OC(=O)[C@@H](C[NH2+]CCCO)[C@@H]3C[C@H]12. The lowest BCUT2D eigenvalue weighted by molar-refractivity contribution is -0.659. The van der Waals surface area contributed by atoms with E-state index in [-0.39, 0.29) is 30.0 Å². The van der Waals surface area contributed by atoms with Crippen LogP contribution in [0.25, 0.3) is 0 Å². The number of esters is 1. The third kappa shape index (κ3) is 2.83. The number of ether oxygens (including phenoxy) is 1. The molecule has 0 aromatic heterocycles. The molecule has 124 valence electrons. The summed E-state index contributed by atoms with van der Waals surface area (Å²) < 4.78 is 5.75. The summed E-state index contributed by atoms with van der Waals surface area (Å²) in [5.74, 6) is 0.967. The summed E-state index contributed by atoms with van der Waals surface area (Å²) in [5.41, 5.74) is 1.68. The van der Waals surface area contributed by atoms with Gasteiger partial charge in [-0.3, -0.25) is 4.79 Å². The molecule has 0 aromatic carbocycles. The summed E-state index contributed by atoms with van der Waals surface area (Å²) in [6.07, 6.45) is 6.62. The molecule has 3 N–H and O–H groups in total. The predicted octanol–water partition coefficient (Wildman–Crippen LogP) is 1.25. The van der Waals surface area contributed by atoms with E-state index in [1.807, 2.05) is 0 Å². The van der Waals surface area contributed by atoms with Crippen molar-refractivity contribution in [2.75, 3.05) is 19.7 Å². The van der Waals surface area contributed by atoms with Crippen LogP contribution in [-0.4, -0.2) is 36.9 Å². The molecule has 0 spiro atoms. The second kappa shape index (κ2) is 6.32. The lowest BCUT2D eigenvalue weighted by Gasteiger charge is -2.49. The minimum Gasteiger partial charge on any atom is -0.462 e. The number of nitrogens with two attached hydrogens (primary N) is 1. The third-order valence-corrected chi connectivity index (χ3v) is 6.31. The molecular weight excluding hydrogens is 278 g/mol. The first-order chi connectivity index (χ1) is 10.5. The minimum absolute atomic E-state index is 0.00288. The van der Waals surface area contributed by atoms with Crippen LogP contribution < -0.4 is 5.32 Å².